The van der Waals surface area contributed by atoms with Crippen LogP contribution in [0.1, 0.15) is 25.7 Å². The normalized spacial score (nSPS) is 33.0. The van der Waals surface area contributed by atoms with Crippen LogP contribution in [0.3, 0.4) is 0 Å². The molecule has 1 N–H and O–H groups in total. The lowest BCUT2D eigenvalue weighted by molar-refractivity contribution is 0.735. The highest BCUT2D eigenvalue weighted by atomic mass is 35.5. The average Bonchev–Trinajstić information content (AvgIpc) is 2.43. The number of halogens is 1. The molecule has 0 amide bonds. The van der Waals surface area contributed by atoms with Crippen molar-refractivity contribution in [3.05, 3.63) is 0 Å². The number of fused-ring (bicyclic) bond motifs is 1. The first-order valence-electron chi connectivity index (χ1n) is 3.97. The minimum atomic E-state index is 0. The van der Waals surface area contributed by atoms with Crippen molar-refractivity contribution in [3.63, 3.8) is 0 Å². The Bertz CT molecular complexity index is 77.3. The SMILES string of the molecule is C1CC2CC2C1.CNC.Cl. The van der Waals surface area contributed by atoms with E-state index in [0.717, 1.165) is 0 Å². The summed E-state index contributed by atoms with van der Waals surface area (Å²) in [6.45, 7) is 0. The Labute approximate surface area is 70.0 Å². The zero-order chi connectivity index (χ0) is 6.69. The van der Waals surface area contributed by atoms with Gasteiger partial charge >= 0.3 is 0 Å². The highest BCUT2D eigenvalue weighted by molar-refractivity contribution is 5.85. The molecule has 0 spiro atoms. The maximum atomic E-state index is 2.75. The second-order valence-corrected chi connectivity index (χ2v) is 3.19. The van der Waals surface area contributed by atoms with Crippen molar-refractivity contribution in [1.82, 2.24) is 5.32 Å². The topological polar surface area (TPSA) is 12.0 Å². The Hall–Kier alpha value is 0.250. The van der Waals surface area contributed by atoms with Crippen LogP contribution in [0, 0.1) is 11.8 Å². The van der Waals surface area contributed by atoms with Crippen molar-refractivity contribution in [1.29, 1.82) is 0 Å². The van der Waals surface area contributed by atoms with E-state index in [1.54, 1.807) is 19.3 Å². The molecule has 2 heteroatoms. The second kappa shape index (κ2) is 4.97. The van der Waals surface area contributed by atoms with Crippen LogP contribution in [0.15, 0.2) is 0 Å². The molecule has 0 saturated heterocycles. The summed E-state index contributed by atoms with van der Waals surface area (Å²) in [7, 11) is 3.75. The molecule has 0 radical (unpaired) electrons. The lowest BCUT2D eigenvalue weighted by Gasteiger charge is -1.80. The Morgan fingerprint density at radius 1 is 1.10 bits per heavy atom. The van der Waals surface area contributed by atoms with Gasteiger partial charge in [-0.1, -0.05) is 19.3 Å². The van der Waals surface area contributed by atoms with Crippen molar-refractivity contribution >= 4 is 12.4 Å². The highest BCUT2D eigenvalue weighted by Gasteiger charge is 2.40. The van der Waals surface area contributed by atoms with Crippen LogP contribution in [0.4, 0.5) is 0 Å². The van der Waals surface area contributed by atoms with Gasteiger partial charge in [0.1, 0.15) is 0 Å². The summed E-state index contributed by atoms with van der Waals surface area (Å²) in [6, 6.07) is 0. The third-order valence-electron chi connectivity index (χ3n) is 2.22. The molecule has 10 heavy (non-hydrogen) atoms. The molecule has 0 aromatic carbocycles. The van der Waals surface area contributed by atoms with Gasteiger partial charge in [-0.2, -0.15) is 0 Å². The van der Waals surface area contributed by atoms with Crippen molar-refractivity contribution < 1.29 is 0 Å². The van der Waals surface area contributed by atoms with E-state index < -0.39 is 0 Å². The van der Waals surface area contributed by atoms with E-state index in [-0.39, 0.29) is 12.4 Å². The summed E-state index contributed by atoms with van der Waals surface area (Å²) in [4.78, 5) is 0. The van der Waals surface area contributed by atoms with Gasteiger partial charge in [-0.05, 0) is 32.4 Å². The van der Waals surface area contributed by atoms with Gasteiger partial charge in [-0.25, -0.2) is 0 Å². The van der Waals surface area contributed by atoms with Gasteiger partial charge in [0.25, 0.3) is 0 Å². The minimum absolute atomic E-state index is 0. The van der Waals surface area contributed by atoms with E-state index in [2.05, 4.69) is 5.32 Å². The van der Waals surface area contributed by atoms with Crippen molar-refractivity contribution in [3.8, 4) is 0 Å². The number of rotatable bonds is 0. The fourth-order valence-corrected chi connectivity index (χ4v) is 1.66. The fourth-order valence-electron chi connectivity index (χ4n) is 1.66. The Morgan fingerprint density at radius 3 is 1.60 bits per heavy atom. The van der Waals surface area contributed by atoms with Gasteiger partial charge in [0.05, 0.1) is 0 Å². The molecule has 2 rings (SSSR count). The molecule has 0 heterocycles. The van der Waals surface area contributed by atoms with Crippen LogP contribution < -0.4 is 5.32 Å². The Kier molecular flexibility index (Phi) is 5.10. The van der Waals surface area contributed by atoms with E-state index in [0.29, 0.717) is 0 Å². The van der Waals surface area contributed by atoms with Crippen LogP contribution in [-0.4, -0.2) is 14.1 Å². The molecular weight excluding hydrogens is 146 g/mol. The lowest BCUT2D eigenvalue weighted by Crippen LogP contribution is -1.89. The van der Waals surface area contributed by atoms with E-state index in [9.17, 15) is 0 Å². The zero-order valence-corrected chi connectivity index (χ0v) is 7.71. The summed E-state index contributed by atoms with van der Waals surface area (Å²) in [5.74, 6) is 2.43. The fraction of sp³-hybridized carbons (Fsp3) is 1.00. The van der Waals surface area contributed by atoms with Gasteiger partial charge in [-0.15, -0.1) is 12.4 Å². The van der Waals surface area contributed by atoms with E-state index in [1.807, 2.05) is 14.1 Å². The summed E-state index contributed by atoms with van der Waals surface area (Å²) >= 11 is 0. The Balaban J connectivity index is 0.000000183. The van der Waals surface area contributed by atoms with Gasteiger partial charge in [-0.3, -0.25) is 0 Å². The Morgan fingerprint density at radius 2 is 1.50 bits per heavy atom. The molecule has 0 bridgehead atoms. The minimum Gasteiger partial charge on any atom is -0.323 e. The molecule has 2 fully saturated rings. The maximum absolute atomic E-state index is 2.75. The second-order valence-electron chi connectivity index (χ2n) is 3.19. The van der Waals surface area contributed by atoms with Crippen LogP contribution in [0.2, 0.25) is 0 Å². The van der Waals surface area contributed by atoms with Gasteiger partial charge in [0, 0.05) is 0 Å². The summed E-state index contributed by atoms with van der Waals surface area (Å²) in [5, 5.41) is 2.75. The van der Waals surface area contributed by atoms with E-state index in [1.165, 1.54) is 18.3 Å². The first kappa shape index (κ1) is 10.2. The molecule has 0 aromatic rings. The first-order valence-corrected chi connectivity index (χ1v) is 3.97. The zero-order valence-electron chi connectivity index (χ0n) is 6.89. The standard InChI is InChI=1S/C6H10.C2H7N.ClH/c1-2-5-4-6(5)3-1;1-3-2;/h5-6H,1-4H2;3H,1-2H3;1H. The predicted molar refractivity (Wildman–Crippen MR) is 47.7 cm³/mol. The predicted octanol–water partition coefficient (Wildman–Crippen LogP) is 2.06. The van der Waals surface area contributed by atoms with E-state index in [4.69, 9.17) is 0 Å². The maximum Gasteiger partial charge on any atom is -0.0167 e. The highest BCUT2D eigenvalue weighted by Crippen LogP contribution is 2.51. The number of nitrogens with one attached hydrogen (secondary N) is 1. The van der Waals surface area contributed by atoms with Crippen LogP contribution in [-0.2, 0) is 0 Å². The summed E-state index contributed by atoms with van der Waals surface area (Å²) in [5.41, 5.74) is 0. The van der Waals surface area contributed by atoms with Gasteiger partial charge < -0.3 is 5.32 Å². The molecule has 0 aromatic heterocycles. The molecule has 62 valence electrons. The van der Waals surface area contributed by atoms with Crippen LogP contribution in [0.25, 0.3) is 0 Å². The molecule has 2 aliphatic rings. The molecular formula is C8H18ClN. The van der Waals surface area contributed by atoms with Crippen molar-refractivity contribution in [2.75, 3.05) is 14.1 Å². The molecule has 2 unspecified atom stereocenters. The number of hydrogen-bond acceptors (Lipinski definition) is 1. The molecule has 1 nitrogen and oxygen atoms in total. The molecule has 0 aliphatic heterocycles. The average molecular weight is 164 g/mol. The van der Waals surface area contributed by atoms with Gasteiger partial charge in [0.2, 0.25) is 0 Å². The summed E-state index contributed by atoms with van der Waals surface area (Å²) in [6.07, 6.45) is 6.24. The van der Waals surface area contributed by atoms with E-state index >= 15 is 0 Å². The lowest BCUT2D eigenvalue weighted by atomic mass is 10.3. The third-order valence-corrected chi connectivity index (χ3v) is 2.22. The quantitative estimate of drug-likeness (QED) is 0.577. The van der Waals surface area contributed by atoms with Gasteiger partial charge in [0.15, 0.2) is 0 Å². The summed E-state index contributed by atoms with van der Waals surface area (Å²) < 4.78 is 0. The third kappa shape index (κ3) is 2.89. The smallest absolute Gasteiger partial charge is 0.0167 e. The van der Waals surface area contributed by atoms with Crippen molar-refractivity contribution in [2.24, 2.45) is 11.8 Å². The monoisotopic (exact) mass is 163 g/mol. The van der Waals surface area contributed by atoms with Crippen LogP contribution >= 0.6 is 12.4 Å². The molecule has 2 atom stereocenters. The van der Waals surface area contributed by atoms with Crippen LogP contribution in [0.5, 0.6) is 0 Å². The molecule has 2 aliphatic carbocycles. The molecule has 2 saturated carbocycles. The largest absolute Gasteiger partial charge is 0.323 e. The number of hydrogen-bond donors (Lipinski definition) is 1. The van der Waals surface area contributed by atoms with Crippen molar-refractivity contribution in [2.45, 2.75) is 25.7 Å². The first-order chi connectivity index (χ1) is 4.38.